The van der Waals surface area contributed by atoms with E-state index >= 15 is 0 Å². The van der Waals surface area contributed by atoms with Crippen LogP contribution in [-0.2, 0) is 18.9 Å². The van der Waals surface area contributed by atoms with Gasteiger partial charge in [0.25, 0.3) is 0 Å². The number of ether oxygens (including phenoxy) is 4. The van der Waals surface area contributed by atoms with Gasteiger partial charge in [0.15, 0.2) is 12.2 Å². The van der Waals surface area contributed by atoms with E-state index in [1.807, 2.05) is 0 Å². The van der Waals surface area contributed by atoms with Crippen LogP contribution in [0.4, 0.5) is 0 Å². The number of hydrogen-bond acceptors (Lipinski definition) is 8. The number of pyridine rings is 2. The number of carbonyl (C=O) groups excluding carboxylic acids is 2. The molecule has 0 bridgehead atoms. The second-order valence-electron chi connectivity index (χ2n) is 5.97. The minimum absolute atomic E-state index is 0.183. The van der Waals surface area contributed by atoms with Crippen molar-refractivity contribution in [3.63, 3.8) is 0 Å². The summed E-state index contributed by atoms with van der Waals surface area (Å²) in [6.45, 7) is 0.366. The molecule has 2 aliphatic rings. The Morgan fingerprint density at radius 1 is 0.846 bits per heavy atom. The molecule has 8 nitrogen and oxygen atoms in total. The molecule has 4 rings (SSSR count). The number of aromatic nitrogens is 2. The third-order valence-electron chi connectivity index (χ3n) is 4.27. The first-order chi connectivity index (χ1) is 12.7. The van der Waals surface area contributed by atoms with Gasteiger partial charge in [-0.2, -0.15) is 0 Å². The smallest absolute Gasteiger partial charge is 0.340 e. The van der Waals surface area contributed by atoms with Gasteiger partial charge >= 0.3 is 11.9 Å². The minimum atomic E-state index is -0.560. The highest BCUT2D eigenvalue weighted by molar-refractivity contribution is 5.89. The Bertz CT molecular complexity index is 717. The fourth-order valence-electron chi connectivity index (χ4n) is 3.01. The van der Waals surface area contributed by atoms with Crippen molar-refractivity contribution in [2.24, 2.45) is 0 Å². The third kappa shape index (κ3) is 3.29. The van der Waals surface area contributed by atoms with Crippen molar-refractivity contribution in [3.05, 3.63) is 60.2 Å². The Morgan fingerprint density at radius 3 is 1.69 bits per heavy atom. The molecule has 2 aromatic rings. The van der Waals surface area contributed by atoms with Gasteiger partial charge in [-0.05, 0) is 24.3 Å². The highest BCUT2D eigenvalue weighted by Crippen LogP contribution is 2.31. The lowest BCUT2D eigenvalue weighted by atomic mass is 10.1. The highest BCUT2D eigenvalue weighted by atomic mass is 16.7. The van der Waals surface area contributed by atoms with Crippen LogP contribution in [0.15, 0.2) is 49.1 Å². The van der Waals surface area contributed by atoms with Crippen molar-refractivity contribution in [2.45, 2.75) is 24.4 Å². The zero-order chi connectivity index (χ0) is 17.9. The summed E-state index contributed by atoms with van der Waals surface area (Å²) >= 11 is 0. The van der Waals surface area contributed by atoms with Crippen LogP contribution in [0.1, 0.15) is 20.7 Å². The van der Waals surface area contributed by atoms with Crippen LogP contribution in [0.3, 0.4) is 0 Å². The summed E-state index contributed by atoms with van der Waals surface area (Å²) in [6, 6.07) is 6.56. The van der Waals surface area contributed by atoms with Crippen molar-refractivity contribution >= 4 is 11.9 Å². The van der Waals surface area contributed by atoms with Gasteiger partial charge in [-0.1, -0.05) is 0 Å². The first-order valence-corrected chi connectivity index (χ1v) is 8.17. The van der Waals surface area contributed by atoms with E-state index in [-0.39, 0.29) is 13.2 Å². The number of hydrogen-bond donors (Lipinski definition) is 0. The van der Waals surface area contributed by atoms with E-state index in [0.29, 0.717) is 11.1 Å². The van der Waals surface area contributed by atoms with Crippen molar-refractivity contribution in [1.82, 2.24) is 9.97 Å². The molecule has 2 saturated heterocycles. The van der Waals surface area contributed by atoms with Crippen molar-refractivity contribution in [3.8, 4) is 0 Å². The molecule has 134 valence electrons. The first-order valence-electron chi connectivity index (χ1n) is 8.17. The highest BCUT2D eigenvalue weighted by Gasteiger charge is 2.51. The standard InChI is InChI=1S/C18H16N2O6/c21-17(11-3-1-5-19-7-11)25-13-9-23-16-14(10-24-15(13)16)26-18(22)12-4-2-6-20-8-12/h1-8,13-16H,9-10H2/t13-,14-,15-,16-/m1/s1. The van der Waals surface area contributed by atoms with Crippen LogP contribution in [0.2, 0.25) is 0 Å². The quantitative estimate of drug-likeness (QED) is 0.749. The van der Waals surface area contributed by atoms with Crippen molar-refractivity contribution < 1.29 is 28.5 Å². The molecule has 0 unspecified atom stereocenters. The fraction of sp³-hybridized carbons (Fsp3) is 0.333. The van der Waals surface area contributed by atoms with E-state index < -0.39 is 36.4 Å². The topological polar surface area (TPSA) is 96.8 Å². The molecule has 0 spiro atoms. The molecule has 0 saturated carbocycles. The molecule has 2 aliphatic heterocycles. The Balaban J connectivity index is 1.37. The van der Waals surface area contributed by atoms with Crippen LogP contribution < -0.4 is 0 Å². The Hall–Kier alpha value is -2.84. The molecule has 4 atom stereocenters. The van der Waals surface area contributed by atoms with Gasteiger partial charge in [-0.3, -0.25) is 9.97 Å². The molecular weight excluding hydrogens is 340 g/mol. The number of nitrogens with zero attached hydrogens (tertiary/aromatic N) is 2. The van der Waals surface area contributed by atoms with E-state index in [0.717, 1.165) is 0 Å². The van der Waals surface area contributed by atoms with E-state index in [4.69, 9.17) is 18.9 Å². The van der Waals surface area contributed by atoms with Gasteiger partial charge in [0, 0.05) is 24.8 Å². The van der Waals surface area contributed by atoms with Crippen molar-refractivity contribution in [1.29, 1.82) is 0 Å². The second-order valence-corrected chi connectivity index (χ2v) is 5.97. The summed E-state index contributed by atoms with van der Waals surface area (Å²) in [5, 5.41) is 0. The average Bonchev–Trinajstić information content (AvgIpc) is 3.27. The molecule has 0 amide bonds. The number of fused-ring (bicyclic) bond motifs is 1. The lowest BCUT2D eigenvalue weighted by Gasteiger charge is -2.17. The monoisotopic (exact) mass is 356 g/mol. The molecule has 2 fully saturated rings. The Morgan fingerprint density at radius 2 is 1.31 bits per heavy atom. The summed E-state index contributed by atoms with van der Waals surface area (Å²) in [6.07, 6.45) is 3.96. The van der Waals surface area contributed by atoms with E-state index in [2.05, 4.69) is 9.97 Å². The predicted octanol–water partition coefficient (Wildman–Crippen LogP) is 1.03. The summed E-state index contributed by atoms with van der Waals surface area (Å²) in [4.78, 5) is 32.1. The zero-order valence-electron chi connectivity index (χ0n) is 13.7. The molecule has 0 aliphatic carbocycles. The van der Waals surface area contributed by atoms with Crippen LogP contribution in [0.5, 0.6) is 0 Å². The Labute approximate surface area is 149 Å². The first kappa shape index (κ1) is 16.6. The lowest BCUT2D eigenvalue weighted by molar-refractivity contribution is -0.0287. The van der Waals surface area contributed by atoms with E-state index in [1.165, 1.54) is 12.4 Å². The summed E-state index contributed by atoms with van der Waals surface area (Å²) in [5.74, 6) is -0.987. The molecule has 4 heterocycles. The maximum absolute atomic E-state index is 12.2. The minimum Gasteiger partial charge on any atom is -0.453 e. The largest absolute Gasteiger partial charge is 0.453 e. The van der Waals surface area contributed by atoms with Gasteiger partial charge in [0.2, 0.25) is 0 Å². The van der Waals surface area contributed by atoms with Crippen LogP contribution in [0, 0.1) is 0 Å². The molecule has 2 aromatic heterocycles. The van der Waals surface area contributed by atoms with Crippen LogP contribution in [0.25, 0.3) is 0 Å². The van der Waals surface area contributed by atoms with Gasteiger partial charge in [0.1, 0.15) is 12.2 Å². The van der Waals surface area contributed by atoms with E-state index in [1.54, 1.807) is 36.7 Å². The molecule has 0 radical (unpaired) electrons. The number of esters is 2. The summed E-state index contributed by atoms with van der Waals surface area (Å²) in [7, 11) is 0. The summed E-state index contributed by atoms with van der Waals surface area (Å²) in [5.41, 5.74) is 0.710. The third-order valence-corrected chi connectivity index (χ3v) is 4.27. The fourth-order valence-corrected chi connectivity index (χ4v) is 3.01. The van der Waals surface area contributed by atoms with Gasteiger partial charge in [0.05, 0.1) is 24.3 Å². The maximum Gasteiger partial charge on any atom is 0.340 e. The Kier molecular flexibility index (Phi) is 4.59. The maximum atomic E-state index is 12.2. The number of rotatable bonds is 4. The zero-order valence-corrected chi connectivity index (χ0v) is 13.7. The second kappa shape index (κ2) is 7.19. The van der Waals surface area contributed by atoms with Crippen LogP contribution in [-0.4, -0.2) is 59.5 Å². The summed E-state index contributed by atoms with van der Waals surface area (Å²) < 4.78 is 22.3. The van der Waals surface area contributed by atoms with Gasteiger partial charge in [-0.25, -0.2) is 9.59 Å². The predicted molar refractivity (Wildman–Crippen MR) is 86.4 cm³/mol. The molecule has 8 heteroatoms. The molecule has 26 heavy (non-hydrogen) atoms. The molecular formula is C18H16N2O6. The van der Waals surface area contributed by atoms with Crippen LogP contribution >= 0.6 is 0 Å². The SMILES string of the molecule is O=C(O[C@@H]1CO[C@H]2[C@@H]1OC[C@H]2OC(=O)c1cccnc1)c1cccnc1. The van der Waals surface area contributed by atoms with E-state index in [9.17, 15) is 9.59 Å². The van der Waals surface area contributed by atoms with Crippen molar-refractivity contribution in [2.75, 3.05) is 13.2 Å². The number of carbonyl (C=O) groups is 2. The average molecular weight is 356 g/mol. The normalized spacial score (nSPS) is 26.9. The van der Waals surface area contributed by atoms with Gasteiger partial charge in [-0.15, -0.1) is 0 Å². The molecule has 0 N–H and O–H groups in total. The van der Waals surface area contributed by atoms with Gasteiger partial charge < -0.3 is 18.9 Å². The lowest BCUT2D eigenvalue weighted by Crippen LogP contribution is -2.36. The molecule has 0 aromatic carbocycles.